The second kappa shape index (κ2) is 6.32. The zero-order chi connectivity index (χ0) is 16.3. The van der Waals surface area contributed by atoms with Gasteiger partial charge in [-0.3, -0.25) is 0 Å². The lowest BCUT2D eigenvalue weighted by Gasteiger charge is -2.11. The molecule has 0 aliphatic carbocycles. The monoisotopic (exact) mass is 319 g/mol. The molecule has 1 unspecified atom stereocenters. The topological polar surface area (TPSA) is 70.3 Å². The third kappa shape index (κ3) is 3.74. The molecule has 0 fully saturated rings. The summed E-state index contributed by atoms with van der Waals surface area (Å²) in [6, 6.07) is 4.51. The summed E-state index contributed by atoms with van der Waals surface area (Å²) in [7, 11) is 0. The van der Waals surface area contributed by atoms with E-state index >= 15 is 0 Å². The van der Waals surface area contributed by atoms with Crippen LogP contribution in [0, 0.1) is 5.82 Å². The number of alkyl halides is 3. The molecule has 0 saturated carbocycles. The van der Waals surface area contributed by atoms with Gasteiger partial charge in [0.05, 0.1) is 12.7 Å². The number of anilines is 1. The van der Waals surface area contributed by atoms with Crippen LogP contribution in [0.5, 0.6) is 0 Å². The Morgan fingerprint density at radius 1 is 1.27 bits per heavy atom. The van der Waals surface area contributed by atoms with Crippen LogP contribution in [0.1, 0.15) is 5.69 Å². The van der Waals surface area contributed by atoms with Crippen molar-refractivity contribution in [3.8, 4) is 5.69 Å². The summed E-state index contributed by atoms with van der Waals surface area (Å²) in [4.78, 5) is 0. The summed E-state index contributed by atoms with van der Waals surface area (Å²) in [5, 5.41) is 23.8. The van der Waals surface area contributed by atoms with Crippen molar-refractivity contribution >= 4 is 5.69 Å². The highest BCUT2D eigenvalue weighted by Crippen LogP contribution is 2.28. The highest BCUT2D eigenvalue weighted by molar-refractivity contribution is 5.49. The fourth-order valence-electron chi connectivity index (χ4n) is 1.71. The number of benzene rings is 1. The molecule has 0 spiro atoms. The average molecular weight is 319 g/mol. The molecule has 3 N–H and O–H groups in total. The predicted octanol–water partition coefficient (Wildman–Crippen LogP) is 1.80. The molecule has 9 heteroatoms. The summed E-state index contributed by atoms with van der Waals surface area (Å²) >= 11 is 0. The SMILES string of the molecule is OCC(O)CNc1ccc(-n2ccc(C(F)(F)F)n2)c(F)c1. The van der Waals surface area contributed by atoms with Crippen LogP contribution < -0.4 is 5.32 Å². The largest absolute Gasteiger partial charge is 0.435 e. The number of rotatable bonds is 5. The molecule has 2 aromatic rings. The van der Waals surface area contributed by atoms with Crippen LogP contribution in [0.25, 0.3) is 5.69 Å². The molecule has 2 rings (SSSR count). The lowest BCUT2D eigenvalue weighted by molar-refractivity contribution is -0.141. The van der Waals surface area contributed by atoms with E-state index in [2.05, 4.69) is 10.4 Å². The van der Waals surface area contributed by atoms with Gasteiger partial charge in [0.15, 0.2) is 11.5 Å². The van der Waals surface area contributed by atoms with Crippen molar-refractivity contribution in [2.45, 2.75) is 12.3 Å². The Bertz CT molecular complexity index is 642. The minimum absolute atomic E-state index is 0.00920. The first kappa shape index (κ1) is 16.2. The van der Waals surface area contributed by atoms with Crippen LogP contribution in [-0.2, 0) is 6.18 Å². The molecule has 120 valence electrons. The Labute approximate surface area is 122 Å². The Kier molecular flexibility index (Phi) is 4.67. The molecule has 0 saturated heterocycles. The lowest BCUT2D eigenvalue weighted by atomic mass is 10.2. The first-order valence-corrected chi connectivity index (χ1v) is 6.27. The van der Waals surface area contributed by atoms with Gasteiger partial charge in [0, 0.05) is 18.4 Å². The van der Waals surface area contributed by atoms with E-state index in [4.69, 9.17) is 5.11 Å². The van der Waals surface area contributed by atoms with Gasteiger partial charge < -0.3 is 15.5 Å². The maximum Gasteiger partial charge on any atom is 0.435 e. The Balaban J connectivity index is 2.17. The zero-order valence-electron chi connectivity index (χ0n) is 11.2. The first-order valence-electron chi connectivity index (χ1n) is 6.27. The molecule has 0 amide bonds. The second-order valence-corrected chi connectivity index (χ2v) is 4.53. The molecule has 0 radical (unpaired) electrons. The second-order valence-electron chi connectivity index (χ2n) is 4.53. The lowest BCUT2D eigenvalue weighted by Crippen LogP contribution is -2.23. The number of aliphatic hydroxyl groups excluding tert-OH is 2. The Hall–Kier alpha value is -2.13. The highest BCUT2D eigenvalue weighted by atomic mass is 19.4. The first-order chi connectivity index (χ1) is 10.3. The number of halogens is 4. The summed E-state index contributed by atoms with van der Waals surface area (Å²) < 4.78 is 52.2. The van der Waals surface area contributed by atoms with E-state index < -0.39 is 30.4 Å². The molecule has 1 aromatic heterocycles. The van der Waals surface area contributed by atoms with Gasteiger partial charge in [-0.15, -0.1) is 0 Å². The van der Waals surface area contributed by atoms with Crippen LogP contribution in [0.2, 0.25) is 0 Å². The van der Waals surface area contributed by atoms with Gasteiger partial charge >= 0.3 is 6.18 Å². The predicted molar refractivity (Wildman–Crippen MR) is 70.1 cm³/mol. The van der Waals surface area contributed by atoms with E-state index in [-0.39, 0.29) is 12.2 Å². The van der Waals surface area contributed by atoms with E-state index in [1.165, 1.54) is 12.1 Å². The molecular weight excluding hydrogens is 306 g/mol. The molecule has 0 aliphatic heterocycles. The smallest absolute Gasteiger partial charge is 0.394 e. The zero-order valence-corrected chi connectivity index (χ0v) is 11.2. The number of aliphatic hydroxyl groups is 2. The van der Waals surface area contributed by atoms with E-state index in [9.17, 15) is 22.7 Å². The molecule has 1 heterocycles. The quantitative estimate of drug-likeness (QED) is 0.735. The fourth-order valence-corrected chi connectivity index (χ4v) is 1.71. The highest BCUT2D eigenvalue weighted by Gasteiger charge is 2.33. The maximum atomic E-state index is 14.0. The van der Waals surface area contributed by atoms with Crippen molar-refractivity contribution < 1.29 is 27.8 Å². The van der Waals surface area contributed by atoms with Gasteiger partial charge in [0.2, 0.25) is 0 Å². The molecule has 0 aliphatic rings. The van der Waals surface area contributed by atoms with Crippen molar-refractivity contribution in [1.29, 1.82) is 0 Å². The van der Waals surface area contributed by atoms with Gasteiger partial charge in [0.1, 0.15) is 5.69 Å². The molecule has 0 bridgehead atoms. The van der Waals surface area contributed by atoms with Crippen molar-refractivity contribution in [3.63, 3.8) is 0 Å². The van der Waals surface area contributed by atoms with Gasteiger partial charge in [-0.2, -0.15) is 18.3 Å². The minimum Gasteiger partial charge on any atom is -0.394 e. The molecule has 5 nitrogen and oxygen atoms in total. The maximum absolute atomic E-state index is 14.0. The fraction of sp³-hybridized carbons (Fsp3) is 0.308. The Morgan fingerprint density at radius 2 is 2.00 bits per heavy atom. The number of nitrogens with one attached hydrogen (secondary N) is 1. The van der Waals surface area contributed by atoms with Crippen LogP contribution in [0.4, 0.5) is 23.2 Å². The standard InChI is InChI=1S/C13H13F4N3O2/c14-10-5-8(18-6-9(22)7-21)1-2-11(10)20-4-3-12(19-20)13(15,16)17/h1-5,9,18,21-22H,6-7H2. The Morgan fingerprint density at radius 3 is 2.55 bits per heavy atom. The van der Waals surface area contributed by atoms with Gasteiger partial charge in [-0.25, -0.2) is 9.07 Å². The normalized spacial score (nSPS) is 13.2. The number of nitrogens with zero attached hydrogens (tertiary/aromatic N) is 2. The van der Waals surface area contributed by atoms with Crippen LogP contribution in [0.15, 0.2) is 30.5 Å². The van der Waals surface area contributed by atoms with E-state index in [1.807, 2.05) is 0 Å². The number of aromatic nitrogens is 2. The molecule has 1 atom stereocenters. The molecule has 1 aromatic carbocycles. The molecule has 22 heavy (non-hydrogen) atoms. The minimum atomic E-state index is -4.59. The summed E-state index contributed by atoms with van der Waals surface area (Å²) in [6.07, 6.45) is -4.57. The van der Waals surface area contributed by atoms with E-state index in [1.54, 1.807) is 0 Å². The van der Waals surface area contributed by atoms with Crippen molar-refractivity contribution in [1.82, 2.24) is 9.78 Å². The summed E-state index contributed by atoms with van der Waals surface area (Å²) in [5.74, 6) is -0.777. The van der Waals surface area contributed by atoms with Gasteiger partial charge in [0.25, 0.3) is 0 Å². The van der Waals surface area contributed by atoms with E-state index in [0.29, 0.717) is 5.69 Å². The summed E-state index contributed by atoms with van der Waals surface area (Å²) in [5.41, 5.74) is -0.930. The van der Waals surface area contributed by atoms with Crippen molar-refractivity contribution in [2.24, 2.45) is 0 Å². The van der Waals surface area contributed by atoms with Gasteiger partial charge in [-0.05, 0) is 24.3 Å². The third-order valence-electron chi connectivity index (χ3n) is 2.83. The summed E-state index contributed by atoms with van der Waals surface area (Å²) in [6.45, 7) is -0.434. The van der Waals surface area contributed by atoms with Crippen molar-refractivity contribution in [2.75, 3.05) is 18.5 Å². The molecular formula is C13H13F4N3O2. The van der Waals surface area contributed by atoms with Crippen LogP contribution in [-0.4, -0.2) is 39.2 Å². The van der Waals surface area contributed by atoms with Crippen molar-refractivity contribution in [3.05, 3.63) is 42.0 Å². The number of hydrogen-bond acceptors (Lipinski definition) is 4. The van der Waals surface area contributed by atoms with Gasteiger partial charge in [-0.1, -0.05) is 0 Å². The van der Waals surface area contributed by atoms with Crippen LogP contribution >= 0.6 is 0 Å². The average Bonchev–Trinajstić information content (AvgIpc) is 2.94. The van der Waals surface area contributed by atoms with E-state index in [0.717, 1.165) is 23.0 Å². The third-order valence-corrected chi connectivity index (χ3v) is 2.83. The van der Waals surface area contributed by atoms with Crippen LogP contribution in [0.3, 0.4) is 0 Å². The number of hydrogen-bond donors (Lipinski definition) is 3.